The van der Waals surface area contributed by atoms with Crippen LogP contribution in [0.25, 0.3) is 0 Å². The van der Waals surface area contributed by atoms with Crippen LogP contribution in [-0.2, 0) is 6.42 Å². The van der Waals surface area contributed by atoms with E-state index in [1.54, 1.807) is 0 Å². The second-order valence-corrected chi connectivity index (χ2v) is 4.48. The highest BCUT2D eigenvalue weighted by atomic mass is 15.0. The average Bonchev–Trinajstić information content (AvgIpc) is 2.38. The number of rotatable bonds is 4. The molecule has 3 heteroatoms. The van der Waals surface area contributed by atoms with Gasteiger partial charge in [0.2, 0.25) is 0 Å². The molecule has 1 fully saturated rings. The van der Waals surface area contributed by atoms with Gasteiger partial charge in [-0.05, 0) is 49.9 Å². The van der Waals surface area contributed by atoms with Gasteiger partial charge in [-0.1, -0.05) is 13.0 Å². The Morgan fingerprint density at radius 1 is 1.38 bits per heavy atom. The summed E-state index contributed by atoms with van der Waals surface area (Å²) in [6.45, 7) is 5.53. The molecule has 1 aromatic heterocycles. The van der Waals surface area contributed by atoms with E-state index in [0.717, 1.165) is 37.8 Å². The van der Waals surface area contributed by atoms with Crippen molar-refractivity contribution < 1.29 is 0 Å². The summed E-state index contributed by atoms with van der Waals surface area (Å²) in [5.74, 6) is 1.81. The summed E-state index contributed by atoms with van der Waals surface area (Å²) in [5, 5.41) is 6.81. The van der Waals surface area contributed by atoms with Gasteiger partial charge in [0.1, 0.15) is 5.82 Å². The Balaban J connectivity index is 1.79. The topological polar surface area (TPSA) is 37.0 Å². The highest BCUT2D eigenvalue weighted by Gasteiger charge is 2.12. The van der Waals surface area contributed by atoms with Crippen LogP contribution in [0, 0.1) is 5.92 Å². The van der Waals surface area contributed by atoms with Crippen molar-refractivity contribution in [1.82, 2.24) is 10.3 Å². The lowest BCUT2D eigenvalue weighted by Gasteiger charge is -2.22. The van der Waals surface area contributed by atoms with Crippen LogP contribution in [-0.4, -0.2) is 24.6 Å². The minimum Gasteiger partial charge on any atom is -0.370 e. The van der Waals surface area contributed by atoms with E-state index < -0.39 is 0 Å². The monoisotopic (exact) mass is 219 g/mol. The molecule has 2 heterocycles. The van der Waals surface area contributed by atoms with Gasteiger partial charge in [-0.25, -0.2) is 4.98 Å². The molecule has 3 nitrogen and oxygen atoms in total. The summed E-state index contributed by atoms with van der Waals surface area (Å²) in [4.78, 5) is 4.41. The molecule has 1 aromatic rings. The zero-order valence-electron chi connectivity index (χ0n) is 10.00. The van der Waals surface area contributed by atoms with Gasteiger partial charge in [0.15, 0.2) is 0 Å². The van der Waals surface area contributed by atoms with E-state index in [4.69, 9.17) is 0 Å². The van der Waals surface area contributed by atoms with Crippen LogP contribution in [0.3, 0.4) is 0 Å². The first kappa shape index (κ1) is 11.4. The number of nitrogens with zero attached hydrogens (tertiary/aromatic N) is 1. The van der Waals surface area contributed by atoms with E-state index >= 15 is 0 Å². The van der Waals surface area contributed by atoms with Gasteiger partial charge in [-0.3, -0.25) is 0 Å². The SMILES string of the molecule is CCc1ccc(NCC2CCNCC2)nc1. The molecule has 0 aliphatic carbocycles. The van der Waals surface area contributed by atoms with Crippen LogP contribution < -0.4 is 10.6 Å². The van der Waals surface area contributed by atoms with Crippen LogP contribution in [0.2, 0.25) is 0 Å². The van der Waals surface area contributed by atoms with Gasteiger partial charge in [0, 0.05) is 12.7 Å². The first-order chi connectivity index (χ1) is 7.88. The second-order valence-electron chi connectivity index (χ2n) is 4.48. The van der Waals surface area contributed by atoms with Crippen molar-refractivity contribution in [2.75, 3.05) is 25.0 Å². The lowest BCUT2D eigenvalue weighted by molar-refractivity contribution is 0.389. The second kappa shape index (κ2) is 5.85. The Morgan fingerprint density at radius 2 is 2.19 bits per heavy atom. The normalized spacial score (nSPS) is 17.3. The number of aryl methyl sites for hydroxylation is 1. The molecule has 0 amide bonds. The predicted octanol–water partition coefficient (Wildman–Crippen LogP) is 2.06. The maximum absolute atomic E-state index is 4.41. The third-order valence-corrected chi connectivity index (χ3v) is 3.26. The number of hydrogen-bond donors (Lipinski definition) is 2. The maximum Gasteiger partial charge on any atom is 0.125 e. The molecule has 0 atom stereocenters. The molecule has 2 rings (SSSR count). The first-order valence-corrected chi connectivity index (χ1v) is 6.28. The van der Waals surface area contributed by atoms with Gasteiger partial charge < -0.3 is 10.6 Å². The highest BCUT2D eigenvalue weighted by molar-refractivity contribution is 5.35. The van der Waals surface area contributed by atoms with Crippen LogP contribution in [0.15, 0.2) is 18.3 Å². The Labute approximate surface area is 97.7 Å². The van der Waals surface area contributed by atoms with Crippen LogP contribution in [0.1, 0.15) is 25.3 Å². The van der Waals surface area contributed by atoms with Crippen molar-refractivity contribution in [3.63, 3.8) is 0 Å². The average molecular weight is 219 g/mol. The fraction of sp³-hybridized carbons (Fsp3) is 0.615. The smallest absolute Gasteiger partial charge is 0.125 e. The van der Waals surface area contributed by atoms with E-state index in [9.17, 15) is 0 Å². The zero-order chi connectivity index (χ0) is 11.2. The molecule has 1 saturated heterocycles. The van der Waals surface area contributed by atoms with E-state index in [1.807, 2.05) is 6.20 Å². The highest BCUT2D eigenvalue weighted by Crippen LogP contribution is 2.13. The molecule has 0 bridgehead atoms. The van der Waals surface area contributed by atoms with Gasteiger partial charge in [-0.2, -0.15) is 0 Å². The summed E-state index contributed by atoms with van der Waals surface area (Å²) in [5.41, 5.74) is 1.30. The summed E-state index contributed by atoms with van der Waals surface area (Å²) in [6, 6.07) is 4.23. The van der Waals surface area contributed by atoms with Gasteiger partial charge in [-0.15, -0.1) is 0 Å². The van der Waals surface area contributed by atoms with E-state index in [-0.39, 0.29) is 0 Å². The molecular formula is C13H21N3. The lowest BCUT2D eigenvalue weighted by atomic mass is 9.98. The Hall–Kier alpha value is -1.09. The molecule has 0 unspecified atom stereocenters. The van der Waals surface area contributed by atoms with Crippen molar-refractivity contribution in [2.24, 2.45) is 5.92 Å². The summed E-state index contributed by atoms with van der Waals surface area (Å²) in [7, 11) is 0. The third-order valence-electron chi connectivity index (χ3n) is 3.26. The van der Waals surface area contributed by atoms with E-state index in [0.29, 0.717) is 0 Å². The molecular weight excluding hydrogens is 198 g/mol. The fourth-order valence-corrected chi connectivity index (χ4v) is 2.07. The van der Waals surface area contributed by atoms with Crippen LogP contribution in [0.5, 0.6) is 0 Å². The maximum atomic E-state index is 4.41. The quantitative estimate of drug-likeness (QED) is 0.814. The van der Waals surface area contributed by atoms with Crippen molar-refractivity contribution in [1.29, 1.82) is 0 Å². The van der Waals surface area contributed by atoms with Crippen molar-refractivity contribution in [3.8, 4) is 0 Å². The molecule has 16 heavy (non-hydrogen) atoms. The minimum atomic E-state index is 0.800. The number of hydrogen-bond acceptors (Lipinski definition) is 3. The number of pyridine rings is 1. The first-order valence-electron chi connectivity index (χ1n) is 6.28. The Morgan fingerprint density at radius 3 is 2.81 bits per heavy atom. The van der Waals surface area contributed by atoms with E-state index in [2.05, 4.69) is 34.7 Å². The number of anilines is 1. The largest absolute Gasteiger partial charge is 0.370 e. The Kier molecular flexibility index (Phi) is 4.17. The molecule has 1 aliphatic rings. The molecule has 88 valence electrons. The molecule has 0 aromatic carbocycles. The summed E-state index contributed by atoms with van der Waals surface area (Å²) in [6.07, 6.45) is 5.58. The van der Waals surface area contributed by atoms with Gasteiger partial charge in [0.25, 0.3) is 0 Å². The molecule has 0 radical (unpaired) electrons. The van der Waals surface area contributed by atoms with Crippen molar-refractivity contribution in [3.05, 3.63) is 23.9 Å². The summed E-state index contributed by atoms with van der Waals surface area (Å²) < 4.78 is 0. The van der Waals surface area contributed by atoms with Gasteiger partial charge in [0.05, 0.1) is 0 Å². The standard InChI is InChI=1S/C13H21N3/c1-2-11-3-4-13(15-9-11)16-10-12-5-7-14-8-6-12/h3-4,9,12,14H,2,5-8,10H2,1H3,(H,15,16). The summed E-state index contributed by atoms with van der Waals surface area (Å²) >= 11 is 0. The minimum absolute atomic E-state index is 0.800. The van der Waals surface area contributed by atoms with E-state index in [1.165, 1.54) is 18.4 Å². The van der Waals surface area contributed by atoms with Crippen LogP contribution >= 0.6 is 0 Å². The third kappa shape index (κ3) is 3.20. The number of nitrogens with one attached hydrogen (secondary N) is 2. The Bertz CT molecular complexity index is 301. The van der Waals surface area contributed by atoms with Gasteiger partial charge >= 0.3 is 0 Å². The predicted molar refractivity (Wildman–Crippen MR) is 67.7 cm³/mol. The molecule has 0 spiro atoms. The molecule has 2 N–H and O–H groups in total. The van der Waals surface area contributed by atoms with Crippen molar-refractivity contribution >= 4 is 5.82 Å². The molecule has 1 aliphatic heterocycles. The number of piperidine rings is 1. The fourth-order valence-electron chi connectivity index (χ4n) is 2.07. The zero-order valence-corrected chi connectivity index (χ0v) is 10.00. The number of aromatic nitrogens is 1. The molecule has 0 saturated carbocycles. The lowest BCUT2D eigenvalue weighted by Crippen LogP contribution is -2.31. The van der Waals surface area contributed by atoms with Crippen LogP contribution in [0.4, 0.5) is 5.82 Å². The van der Waals surface area contributed by atoms with Crippen molar-refractivity contribution in [2.45, 2.75) is 26.2 Å².